The molecule has 2 aromatic rings. The average molecular weight is 394 g/mol. The zero-order valence-electron chi connectivity index (χ0n) is 17.6. The number of hydrogen-bond acceptors (Lipinski definition) is 2. The van der Waals surface area contributed by atoms with Crippen molar-refractivity contribution in [3.05, 3.63) is 53.6 Å². The van der Waals surface area contributed by atoms with Crippen LogP contribution in [-0.2, 0) is 13.1 Å². The van der Waals surface area contributed by atoms with E-state index in [2.05, 4.69) is 57.2 Å². The Balaban J connectivity index is 1.38. The van der Waals surface area contributed by atoms with E-state index >= 15 is 0 Å². The van der Waals surface area contributed by atoms with Crippen LogP contribution in [0, 0.1) is 11.3 Å². The molecule has 0 bridgehead atoms. The highest BCUT2D eigenvalue weighted by Gasteiger charge is 2.30. The van der Waals surface area contributed by atoms with Crippen LogP contribution in [0.2, 0.25) is 0 Å². The number of benzene rings is 2. The van der Waals surface area contributed by atoms with Gasteiger partial charge in [0.2, 0.25) is 0 Å². The molecule has 1 aliphatic heterocycles. The Bertz CT molecular complexity index is 874. The van der Waals surface area contributed by atoms with E-state index < -0.39 is 6.09 Å². The summed E-state index contributed by atoms with van der Waals surface area (Å²) in [6, 6.07) is 14.6. The van der Waals surface area contributed by atoms with E-state index in [1.807, 2.05) is 6.07 Å². The van der Waals surface area contributed by atoms with Gasteiger partial charge >= 0.3 is 6.09 Å². The molecule has 0 atom stereocenters. The van der Waals surface area contributed by atoms with Crippen molar-refractivity contribution in [2.45, 2.75) is 65.6 Å². The lowest BCUT2D eigenvalue weighted by Gasteiger charge is -2.36. The monoisotopic (exact) mass is 393 g/mol. The first-order valence-corrected chi connectivity index (χ1v) is 10.7. The fourth-order valence-electron chi connectivity index (χ4n) is 4.67. The number of nitrogens with zero attached hydrogens (tertiary/aromatic N) is 1. The number of hydrogen-bond donors (Lipinski definition) is 1. The molecule has 2 aromatic carbocycles. The molecule has 4 rings (SSSR count). The molecule has 4 nitrogen and oxygen atoms in total. The lowest BCUT2D eigenvalue weighted by atomic mass is 9.72. The summed E-state index contributed by atoms with van der Waals surface area (Å²) in [6.45, 7) is 7.98. The van der Waals surface area contributed by atoms with Crippen LogP contribution in [0.25, 0.3) is 11.1 Å². The van der Waals surface area contributed by atoms with Gasteiger partial charge in [0.15, 0.2) is 0 Å². The molecule has 1 fully saturated rings. The molecule has 1 saturated carbocycles. The number of carbonyl (C=O) groups is 1. The van der Waals surface area contributed by atoms with Gasteiger partial charge in [-0.15, -0.1) is 0 Å². The van der Waals surface area contributed by atoms with Crippen molar-refractivity contribution in [2.75, 3.05) is 0 Å². The minimum Gasteiger partial charge on any atom is -0.490 e. The summed E-state index contributed by atoms with van der Waals surface area (Å²) >= 11 is 0. The van der Waals surface area contributed by atoms with E-state index in [9.17, 15) is 9.90 Å². The summed E-state index contributed by atoms with van der Waals surface area (Å²) in [6.07, 6.45) is 4.22. The van der Waals surface area contributed by atoms with Crippen LogP contribution in [0.1, 0.15) is 57.6 Å². The molecule has 4 heteroatoms. The molecular formula is C25H31NO3. The molecule has 1 N–H and O–H groups in total. The SMILES string of the molecule is CC(C)(C)[C@H]1CC[C@H](Oc2ccc(-c3ccc4c(c3)CN(C(=O)O)C4)cc2)CC1. The molecule has 1 aliphatic carbocycles. The quantitative estimate of drug-likeness (QED) is 0.663. The zero-order chi connectivity index (χ0) is 20.6. The Labute approximate surface area is 173 Å². The maximum atomic E-state index is 11.2. The smallest absolute Gasteiger partial charge is 0.407 e. The molecule has 0 saturated heterocycles. The standard InChI is InChI=1S/C25H31NO3/c1-25(2,3)21-8-12-23(13-9-21)29-22-10-6-17(7-11-22)18-4-5-19-15-26(24(27)28)16-20(19)14-18/h4-7,10-11,14,21,23H,8-9,12-13,15-16H2,1-3H3,(H,27,28)/t21-,23-. The van der Waals surface area contributed by atoms with Gasteiger partial charge in [-0.1, -0.05) is 45.0 Å². The summed E-state index contributed by atoms with van der Waals surface area (Å²) in [4.78, 5) is 12.6. The van der Waals surface area contributed by atoms with Gasteiger partial charge in [0, 0.05) is 13.1 Å². The van der Waals surface area contributed by atoms with Crippen molar-refractivity contribution in [1.82, 2.24) is 4.90 Å². The molecule has 0 unspecified atom stereocenters. The van der Waals surface area contributed by atoms with Crippen LogP contribution in [-0.4, -0.2) is 22.2 Å². The van der Waals surface area contributed by atoms with Crippen molar-refractivity contribution in [2.24, 2.45) is 11.3 Å². The lowest BCUT2D eigenvalue weighted by Crippen LogP contribution is -2.30. The van der Waals surface area contributed by atoms with Crippen molar-refractivity contribution < 1.29 is 14.6 Å². The number of amides is 1. The Kier molecular flexibility index (Phi) is 5.28. The first-order chi connectivity index (χ1) is 13.8. The van der Waals surface area contributed by atoms with Gasteiger partial charge < -0.3 is 9.84 Å². The number of ether oxygens (including phenoxy) is 1. The van der Waals surface area contributed by atoms with E-state index in [-0.39, 0.29) is 0 Å². The van der Waals surface area contributed by atoms with Gasteiger partial charge in [0.05, 0.1) is 6.10 Å². The van der Waals surface area contributed by atoms with Crippen molar-refractivity contribution >= 4 is 6.09 Å². The molecular weight excluding hydrogens is 362 g/mol. The van der Waals surface area contributed by atoms with Gasteiger partial charge in [-0.25, -0.2) is 4.79 Å². The van der Waals surface area contributed by atoms with Gasteiger partial charge in [0.1, 0.15) is 5.75 Å². The second-order valence-corrected chi connectivity index (χ2v) is 9.60. The molecule has 29 heavy (non-hydrogen) atoms. The average Bonchev–Trinajstić information content (AvgIpc) is 3.12. The fraction of sp³-hybridized carbons (Fsp3) is 0.480. The summed E-state index contributed by atoms with van der Waals surface area (Å²) in [5.41, 5.74) is 4.84. The van der Waals surface area contributed by atoms with Crippen molar-refractivity contribution in [3.63, 3.8) is 0 Å². The predicted octanol–water partition coefficient (Wildman–Crippen LogP) is 6.33. The maximum absolute atomic E-state index is 11.2. The predicted molar refractivity (Wildman–Crippen MR) is 115 cm³/mol. The normalized spacial score (nSPS) is 21.7. The summed E-state index contributed by atoms with van der Waals surface area (Å²) in [5.74, 6) is 1.73. The fourth-order valence-corrected chi connectivity index (χ4v) is 4.67. The molecule has 154 valence electrons. The van der Waals surface area contributed by atoms with Gasteiger partial charge in [-0.3, -0.25) is 4.90 Å². The topological polar surface area (TPSA) is 49.8 Å². The van der Waals surface area contributed by atoms with Crippen LogP contribution in [0.15, 0.2) is 42.5 Å². The molecule has 0 aromatic heterocycles. The van der Waals surface area contributed by atoms with Crippen LogP contribution < -0.4 is 4.74 Å². The van der Waals surface area contributed by atoms with Gasteiger partial charge in [-0.2, -0.15) is 0 Å². The van der Waals surface area contributed by atoms with E-state index in [0.29, 0.717) is 24.6 Å². The molecule has 2 aliphatic rings. The Morgan fingerprint density at radius 2 is 1.55 bits per heavy atom. The molecule has 0 spiro atoms. The highest BCUT2D eigenvalue weighted by Crippen LogP contribution is 2.39. The third-order valence-corrected chi connectivity index (χ3v) is 6.59. The largest absolute Gasteiger partial charge is 0.490 e. The van der Waals surface area contributed by atoms with E-state index in [1.165, 1.54) is 17.7 Å². The van der Waals surface area contributed by atoms with Crippen LogP contribution in [0.4, 0.5) is 4.79 Å². The Hall–Kier alpha value is -2.49. The summed E-state index contributed by atoms with van der Waals surface area (Å²) in [5, 5.41) is 9.20. The summed E-state index contributed by atoms with van der Waals surface area (Å²) in [7, 11) is 0. The van der Waals surface area contributed by atoms with E-state index in [4.69, 9.17) is 4.74 Å². The highest BCUT2D eigenvalue weighted by atomic mass is 16.5. The molecule has 0 radical (unpaired) electrons. The minimum atomic E-state index is -0.860. The third kappa shape index (κ3) is 4.42. The molecule has 1 amide bonds. The maximum Gasteiger partial charge on any atom is 0.407 e. The van der Waals surface area contributed by atoms with Crippen LogP contribution in [0.5, 0.6) is 5.75 Å². The highest BCUT2D eigenvalue weighted by molar-refractivity contribution is 5.69. The van der Waals surface area contributed by atoms with Crippen molar-refractivity contribution in [1.29, 1.82) is 0 Å². The number of rotatable bonds is 3. The second-order valence-electron chi connectivity index (χ2n) is 9.60. The number of carboxylic acid groups (broad SMARTS) is 1. The number of fused-ring (bicyclic) bond motifs is 1. The first kappa shape index (κ1) is 19.8. The first-order valence-electron chi connectivity index (χ1n) is 10.7. The van der Waals surface area contributed by atoms with E-state index in [1.54, 1.807) is 0 Å². The van der Waals surface area contributed by atoms with E-state index in [0.717, 1.165) is 46.8 Å². The summed E-state index contributed by atoms with van der Waals surface area (Å²) < 4.78 is 6.25. The van der Waals surface area contributed by atoms with Gasteiger partial charge in [0.25, 0.3) is 0 Å². The van der Waals surface area contributed by atoms with Crippen molar-refractivity contribution in [3.8, 4) is 16.9 Å². The Morgan fingerprint density at radius 1 is 0.931 bits per heavy atom. The van der Waals surface area contributed by atoms with Gasteiger partial charge in [-0.05, 0) is 77.5 Å². The minimum absolute atomic E-state index is 0.321. The Morgan fingerprint density at radius 3 is 2.17 bits per heavy atom. The van der Waals surface area contributed by atoms with Crippen LogP contribution >= 0.6 is 0 Å². The molecule has 1 heterocycles. The zero-order valence-corrected chi connectivity index (χ0v) is 17.6. The lowest BCUT2D eigenvalue weighted by molar-refractivity contribution is 0.0882. The second kappa shape index (κ2) is 7.74. The van der Waals surface area contributed by atoms with Crippen LogP contribution in [0.3, 0.4) is 0 Å². The third-order valence-electron chi connectivity index (χ3n) is 6.59.